The van der Waals surface area contributed by atoms with Crippen molar-refractivity contribution in [2.24, 2.45) is 0 Å². The number of halogens is 2. The monoisotopic (exact) mass is 277 g/mol. The van der Waals surface area contributed by atoms with Gasteiger partial charge >= 0.3 is 0 Å². The standard InChI is InChI=1S/C11H17ClFN3O2/c1-16(4-6(17)5-18-2)11-8(15)3-7(14)9(12)10(11)13/h3,6,17H,4-5,14-15H2,1-2H3. The van der Waals surface area contributed by atoms with Crippen LogP contribution in [0.1, 0.15) is 0 Å². The number of aliphatic hydroxyl groups excluding tert-OH is 1. The van der Waals surface area contributed by atoms with Crippen molar-refractivity contribution in [2.75, 3.05) is 43.7 Å². The van der Waals surface area contributed by atoms with Crippen molar-refractivity contribution in [3.05, 3.63) is 16.9 Å². The van der Waals surface area contributed by atoms with E-state index >= 15 is 0 Å². The Labute approximate surface area is 110 Å². The molecule has 1 rings (SSSR count). The Morgan fingerprint density at radius 3 is 2.67 bits per heavy atom. The molecule has 5 nitrogen and oxygen atoms in total. The highest BCUT2D eigenvalue weighted by molar-refractivity contribution is 6.33. The average Bonchev–Trinajstić information content (AvgIpc) is 2.26. The molecule has 0 aliphatic carbocycles. The summed E-state index contributed by atoms with van der Waals surface area (Å²) < 4.78 is 18.8. The summed E-state index contributed by atoms with van der Waals surface area (Å²) in [5, 5.41) is 9.43. The lowest BCUT2D eigenvalue weighted by molar-refractivity contribution is 0.0694. The van der Waals surface area contributed by atoms with Crippen LogP contribution in [-0.4, -0.2) is 38.5 Å². The summed E-state index contributed by atoms with van der Waals surface area (Å²) in [4.78, 5) is 1.47. The molecule has 102 valence electrons. The third kappa shape index (κ3) is 3.16. The van der Waals surface area contributed by atoms with Crippen molar-refractivity contribution < 1.29 is 14.2 Å². The summed E-state index contributed by atoms with van der Waals surface area (Å²) in [6.45, 7) is 0.309. The van der Waals surface area contributed by atoms with Crippen LogP contribution >= 0.6 is 11.6 Å². The Morgan fingerprint density at radius 1 is 1.50 bits per heavy atom. The van der Waals surface area contributed by atoms with Crippen LogP contribution in [-0.2, 0) is 4.74 Å². The third-order valence-electron chi connectivity index (χ3n) is 2.46. The van der Waals surface area contributed by atoms with Gasteiger partial charge in [-0.1, -0.05) is 11.6 Å². The van der Waals surface area contributed by atoms with Gasteiger partial charge in [-0.15, -0.1) is 0 Å². The Bertz CT molecular complexity index is 431. The van der Waals surface area contributed by atoms with Crippen molar-refractivity contribution in [1.29, 1.82) is 0 Å². The Kier molecular flexibility index (Phi) is 5.01. The number of likely N-dealkylation sites (N-methyl/N-ethyl adjacent to an activating group) is 1. The third-order valence-corrected chi connectivity index (χ3v) is 2.85. The largest absolute Gasteiger partial charge is 0.397 e. The van der Waals surface area contributed by atoms with E-state index in [2.05, 4.69) is 0 Å². The van der Waals surface area contributed by atoms with E-state index in [1.165, 1.54) is 18.1 Å². The average molecular weight is 278 g/mol. The van der Waals surface area contributed by atoms with Gasteiger partial charge in [0.05, 0.1) is 29.8 Å². The maximum absolute atomic E-state index is 14.0. The smallest absolute Gasteiger partial charge is 0.169 e. The van der Waals surface area contributed by atoms with Gasteiger partial charge in [0.25, 0.3) is 0 Å². The van der Waals surface area contributed by atoms with Crippen LogP contribution < -0.4 is 16.4 Å². The van der Waals surface area contributed by atoms with Gasteiger partial charge in [-0.05, 0) is 6.07 Å². The van der Waals surface area contributed by atoms with Crippen LogP contribution in [0.2, 0.25) is 5.02 Å². The van der Waals surface area contributed by atoms with E-state index in [1.807, 2.05) is 0 Å². The van der Waals surface area contributed by atoms with E-state index in [-0.39, 0.29) is 35.2 Å². The Morgan fingerprint density at radius 2 is 2.11 bits per heavy atom. The van der Waals surface area contributed by atoms with Crippen molar-refractivity contribution >= 4 is 28.7 Å². The number of aliphatic hydroxyl groups is 1. The van der Waals surface area contributed by atoms with Crippen molar-refractivity contribution in [1.82, 2.24) is 0 Å². The van der Waals surface area contributed by atoms with Crippen molar-refractivity contribution in [3.8, 4) is 0 Å². The van der Waals surface area contributed by atoms with E-state index in [9.17, 15) is 9.50 Å². The molecule has 1 aromatic carbocycles. The molecule has 0 aromatic heterocycles. The van der Waals surface area contributed by atoms with Gasteiger partial charge in [0.15, 0.2) is 5.82 Å². The predicted octanol–water partition coefficient (Wildman–Crippen LogP) is 1.09. The number of methoxy groups -OCH3 is 1. The van der Waals surface area contributed by atoms with Crippen LogP contribution in [0.15, 0.2) is 6.07 Å². The highest BCUT2D eigenvalue weighted by atomic mass is 35.5. The highest BCUT2D eigenvalue weighted by Crippen LogP contribution is 2.35. The van der Waals surface area contributed by atoms with E-state index in [1.54, 1.807) is 7.05 Å². The molecule has 0 spiro atoms. The summed E-state index contributed by atoms with van der Waals surface area (Å²) in [6.07, 6.45) is -0.755. The maximum Gasteiger partial charge on any atom is 0.169 e. The van der Waals surface area contributed by atoms with Crippen molar-refractivity contribution in [3.63, 3.8) is 0 Å². The molecule has 5 N–H and O–H groups in total. The summed E-state index contributed by atoms with van der Waals surface area (Å²) in [5.74, 6) is -0.693. The first-order valence-electron chi connectivity index (χ1n) is 5.29. The van der Waals surface area contributed by atoms with Crippen LogP contribution in [0.4, 0.5) is 21.5 Å². The molecule has 0 fully saturated rings. The van der Waals surface area contributed by atoms with E-state index in [0.717, 1.165) is 0 Å². The fraction of sp³-hybridized carbons (Fsp3) is 0.455. The van der Waals surface area contributed by atoms with Gasteiger partial charge in [-0.3, -0.25) is 0 Å². The predicted molar refractivity (Wildman–Crippen MR) is 71.4 cm³/mol. The Hall–Kier alpha value is -1.24. The molecule has 1 unspecified atom stereocenters. The first-order valence-corrected chi connectivity index (χ1v) is 5.67. The summed E-state index contributed by atoms with van der Waals surface area (Å²) in [5.41, 5.74) is 11.6. The molecule has 0 heterocycles. The van der Waals surface area contributed by atoms with Crippen LogP contribution in [0, 0.1) is 5.82 Å². The van der Waals surface area contributed by atoms with Crippen molar-refractivity contribution in [2.45, 2.75) is 6.10 Å². The molecule has 0 aliphatic rings. The van der Waals surface area contributed by atoms with Crippen LogP contribution in [0.3, 0.4) is 0 Å². The van der Waals surface area contributed by atoms with Gasteiger partial charge in [0.2, 0.25) is 0 Å². The quantitative estimate of drug-likeness (QED) is 0.702. The molecule has 1 atom stereocenters. The summed E-state index contributed by atoms with van der Waals surface area (Å²) in [7, 11) is 3.07. The molecular formula is C11H17ClFN3O2. The molecule has 0 amide bonds. The van der Waals surface area contributed by atoms with Crippen LogP contribution in [0.5, 0.6) is 0 Å². The minimum absolute atomic E-state index is 0.0845. The zero-order chi connectivity index (χ0) is 13.9. The molecule has 7 heteroatoms. The number of ether oxygens (including phenoxy) is 1. The zero-order valence-corrected chi connectivity index (χ0v) is 11.0. The minimum atomic E-state index is -0.755. The Balaban J connectivity index is 2.99. The fourth-order valence-electron chi connectivity index (χ4n) is 1.70. The molecular weight excluding hydrogens is 261 g/mol. The fourth-order valence-corrected chi connectivity index (χ4v) is 1.84. The van der Waals surface area contributed by atoms with E-state index in [0.29, 0.717) is 0 Å². The van der Waals surface area contributed by atoms with E-state index < -0.39 is 11.9 Å². The molecule has 0 saturated carbocycles. The number of nitrogens with two attached hydrogens (primary N) is 2. The molecule has 18 heavy (non-hydrogen) atoms. The van der Waals surface area contributed by atoms with Crippen LogP contribution in [0.25, 0.3) is 0 Å². The number of nitrogen functional groups attached to an aromatic ring is 2. The summed E-state index contributed by atoms with van der Waals surface area (Å²) >= 11 is 5.73. The van der Waals surface area contributed by atoms with Gasteiger partial charge in [0, 0.05) is 20.7 Å². The zero-order valence-electron chi connectivity index (χ0n) is 10.3. The first-order chi connectivity index (χ1) is 8.38. The van der Waals surface area contributed by atoms with E-state index in [4.69, 9.17) is 27.8 Å². The van der Waals surface area contributed by atoms with Gasteiger partial charge in [-0.2, -0.15) is 0 Å². The lowest BCUT2D eigenvalue weighted by Crippen LogP contribution is -2.33. The molecule has 0 aliphatic heterocycles. The molecule has 0 saturated heterocycles. The van der Waals surface area contributed by atoms with Gasteiger partial charge in [-0.25, -0.2) is 4.39 Å². The highest BCUT2D eigenvalue weighted by Gasteiger charge is 2.19. The summed E-state index contributed by atoms with van der Waals surface area (Å²) in [6, 6.07) is 1.39. The first kappa shape index (κ1) is 14.8. The lowest BCUT2D eigenvalue weighted by atomic mass is 10.2. The van der Waals surface area contributed by atoms with Gasteiger partial charge < -0.3 is 26.2 Å². The second-order valence-electron chi connectivity index (χ2n) is 4.02. The van der Waals surface area contributed by atoms with Gasteiger partial charge in [0.1, 0.15) is 5.02 Å². The molecule has 1 aromatic rings. The maximum atomic E-state index is 14.0. The topological polar surface area (TPSA) is 84.7 Å². The lowest BCUT2D eigenvalue weighted by Gasteiger charge is -2.25. The normalized spacial score (nSPS) is 12.5. The number of nitrogens with zero attached hydrogens (tertiary/aromatic N) is 1. The second kappa shape index (κ2) is 6.08. The molecule has 0 radical (unpaired) electrons. The second-order valence-corrected chi connectivity index (χ2v) is 4.40. The minimum Gasteiger partial charge on any atom is -0.397 e. The number of hydrogen-bond donors (Lipinski definition) is 3. The number of anilines is 3. The molecule has 0 bridgehead atoms. The SMILES string of the molecule is COCC(O)CN(C)c1c(N)cc(N)c(Cl)c1F. The number of benzene rings is 1. The number of rotatable bonds is 5. The number of hydrogen-bond acceptors (Lipinski definition) is 5.